The fraction of sp³-hybridized carbons (Fsp3) is 0.500. The number of thiazole rings is 1. The lowest BCUT2D eigenvalue weighted by molar-refractivity contribution is -0.139. The molecule has 7 heteroatoms. The summed E-state index contributed by atoms with van der Waals surface area (Å²) in [4.78, 5) is 26.2. The van der Waals surface area contributed by atoms with Crippen LogP contribution >= 0.6 is 11.3 Å². The number of nitrogens with one attached hydrogen (secondary N) is 2. The summed E-state index contributed by atoms with van der Waals surface area (Å²) in [6, 6.07) is 0. The van der Waals surface area contributed by atoms with E-state index < -0.39 is 0 Å². The second-order valence-corrected chi connectivity index (χ2v) is 4.10. The van der Waals surface area contributed by atoms with Gasteiger partial charge in [-0.05, 0) is 0 Å². The number of methoxy groups -OCH3 is 1. The normalized spacial score (nSPS) is 9.76. The summed E-state index contributed by atoms with van der Waals surface area (Å²) in [6.45, 7) is 0.519. The fourth-order valence-corrected chi connectivity index (χ4v) is 1.84. The van der Waals surface area contributed by atoms with Gasteiger partial charge in [-0.2, -0.15) is 0 Å². The first-order valence-electron chi connectivity index (χ1n) is 5.11. The van der Waals surface area contributed by atoms with Crippen LogP contribution < -0.4 is 10.6 Å². The summed E-state index contributed by atoms with van der Waals surface area (Å²) < 4.78 is 4.54. The maximum absolute atomic E-state index is 11.0. The topological polar surface area (TPSA) is 80.3 Å². The Balaban J connectivity index is 2.35. The van der Waals surface area contributed by atoms with Gasteiger partial charge in [0.1, 0.15) is 0 Å². The zero-order chi connectivity index (χ0) is 12.7. The van der Waals surface area contributed by atoms with Crippen LogP contribution in [-0.4, -0.2) is 37.6 Å². The smallest absolute Gasteiger partial charge is 0.311 e. The van der Waals surface area contributed by atoms with E-state index in [1.807, 2.05) is 0 Å². The van der Waals surface area contributed by atoms with Crippen molar-refractivity contribution in [1.82, 2.24) is 10.3 Å². The molecule has 0 saturated heterocycles. The van der Waals surface area contributed by atoms with Gasteiger partial charge in [-0.1, -0.05) is 0 Å². The van der Waals surface area contributed by atoms with Gasteiger partial charge in [-0.25, -0.2) is 4.98 Å². The fourth-order valence-electron chi connectivity index (χ4n) is 1.10. The molecule has 1 aromatic rings. The van der Waals surface area contributed by atoms with E-state index in [-0.39, 0.29) is 18.3 Å². The Bertz CT molecular complexity index is 392. The van der Waals surface area contributed by atoms with Crippen LogP contribution in [0.4, 0.5) is 5.13 Å². The summed E-state index contributed by atoms with van der Waals surface area (Å²) >= 11 is 1.40. The minimum atomic E-state index is -0.313. The molecule has 0 aromatic carbocycles. The number of carbonyl (C=O) groups excluding carboxylic acids is 2. The van der Waals surface area contributed by atoms with Gasteiger partial charge in [0.2, 0.25) is 5.91 Å². The van der Waals surface area contributed by atoms with Gasteiger partial charge in [0.05, 0.1) is 19.2 Å². The maximum Gasteiger partial charge on any atom is 0.311 e. The quantitative estimate of drug-likeness (QED) is 0.721. The third-order valence-electron chi connectivity index (χ3n) is 2.01. The highest BCUT2D eigenvalue weighted by molar-refractivity contribution is 7.13. The van der Waals surface area contributed by atoms with E-state index in [1.54, 1.807) is 12.4 Å². The lowest BCUT2D eigenvalue weighted by atomic mass is 10.3. The van der Waals surface area contributed by atoms with E-state index >= 15 is 0 Å². The number of carbonyl (C=O) groups is 2. The zero-order valence-electron chi connectivity index (χ0n) is 9.78. The Morgan fingerprint density at radius 1 is 1.53 bits per heavy atom. The van der Waals surface area contributed by atoms with Crippen molar-refractivity contribution in [3.8, 4) is 0 Å². The van der Waals surface area contributed by atoms with Crippen molar-refractivity contribution in [2.75, 3.05) is 26.0 Å². The third-order valence-corrected chi connectivity index (χ3v) is 2.86. The Labute approximate surface area is 103 Å². The number of anilines is 1. The maximum atomic E-state index is 11.0. The van der Waals surface area contributed by atoms with Crippen molar-refractivity contribution in [3.63, 3.8) is 0 Å². The van der Waals surface area contributed by atoms with Crippen molar-refractivity contribution in [1.29, 1.82) is 0 Å². The highest BCUT2D eigenvalue weighted by atomic mass is 32.1. The van der Waals surface area contributed by atoms with E-state index in [1.165, 1.54) is 18.4 Å². The molecule has 2 N–H and O–H groups in total. The minimum absolute atomic E-state index is 0.0242. The summed E-state index contributed by atoms with van der Waals surface area (Å²) in [7, 11) is 2.94. The molecule has 0 aliphatic heterocycles. The largest absolute Gasteiger partial charge is 0.469 e. The van der Waals surface area contributed by atoms with Gasteiger partial charge in [0, 0.05) is 25.4 Å². The number of aromatic nitrogens is 1. The van der Waals surface area contributed by atoms with Crippen LogP contribution in [0.2, 0.25) is 0 Å². The Morgan fingerprint density at radius 2 is 2.29 bits per heavy atom. The zero-order valence-corrected chi connectivity index (χ0v) is 10.6. The van der Waals surface area contributed by atoms with Crippen LogP contribution in [0.15, 0.2) is 5.38 Å². The van der Waals surface area contributed by atoms with Crippen molar-refractivity contribution in [3.05, 3.63) is 11.1 Å². The molecule has 0 aliphatic carbocycles. The van der Waals surface area contributed by atoms with E-state index in [4.69, 9.17) is 0 Å². The summed E-state index contributed by atoms with van der Waals surface area (Å²) in [5.74, 6) is -0.337. The first-order chi connectivity index (χ1) is 8.15. The van der Waals surface area contributed by atoms with Gasteiger partial charge < -0.3 is 15.4 Å². The molecule has 0 spiro atoms. The number of rotatable bonds is 6. The van der Waals surface area contributed by atoms with Gasteiger partial charge in [-0.15, -0.1) is 11.3 Å². The summed E-state index contributed by atoms with van der Waals surface area (Å²) in [5.41, 5.74) is 0.671. The number of amides is 1. The second kappa shape index (κ2) is 6.85. The predicted molar refractivity (Wildman–Crippen MR) is 65.0 cm³/mol. The van der Waals surface area contributed by atoms with Gasteiger partial charge in [0.15, 0.2) is 5.13 Å². The van der Waals surface area contributed by atoms with Crippen LogP contribution in [0.5, 0.6) is 0 Å². The molecular weight excluding hydrogens is 242 g/mol. The molecule has 1 heterocycles. The molecular formula is C10H15N3O3S. The molecule has 0 radical (unpaired) electrons. The van der Waals surface area contributed by atoms with Crippen LogP contribution in [0.25, 0.3) is 0 Å². The van der Waals surface area contributed by atoms with E-state index in [2.05, 4.69) is 20.4 Å². The highest BCUT2D eigenvalue weighted by Crippen LogP contribution is 2.15. The molecule has 94 valence electrons. The summed E-state index contributed by atoms with van der Waals surface area (Å²) in [5, 5.41) is 8.04. The standard InChI is InChI=1S/C10H15N3O3S/c1-11-8(14)3-4-12-10-13-7(6-17-10)5-9(15)16-2/h6H,3-5H2,1-2H3,(H,11,14)(H,12,13). The molecule has 1 amide bonds. The molecule has 0 fully saturated rings. The van der Waals surface area contributed by atoms with Crippen LogP contribution in [0.1, 0.15) is 12.1 Å². The van der Waals surface area contributed by atoms with Crippen LogP contribution in [-0.2, 0) is 20.7 Å². The molecule has 0 bridgehead atoms. The lowest BCUT2D eigenvalue weighted by Gasteiger charge is -2.01. The number of nitrogens with zero attached hydrogens (tertiary/aromatic N) is 1. The van der Waals surface area contributed by atoms with Crippen molar-refractivity contribution >= 4 is 28.3 Å². The summed E-state index contributed by atoms with van der Waals surface area (Å²) in [6.07, 6.45) is 0.562. The minimum Gasteiger partial charge on any atom is -0.469 e. The molecule has 0 unspecified atom stereocenters. The number of hydrogen-bond acceptors (Lipinski definition) is 6. The second-order valence-electron chi connectivity index (χ2n) is 3.25. The Kier molecular flexibility index (Phi) is 5.41. The van der Waals surface area contributed by atoms with Crippen molar-refractivity contribution in [2.45, 2.75) is 12.8 Å². The molecule has 17 heavy (non-hydrogen) atoms. The van der Waals surface area contributed by atoms with E-state index in [0.29, 0.717) is 23.8 Å². The predicted octanol–water partition coefficient (Wildman–Crippen LogP) is 0.407. The van der Waals surface area contributed by atoms with Gasteiger partial charge in [0.25, 0.3) is 0 Å². The van der Waals surface area contributed by atoms with E-state index in [0.717, 1.165) is 0 Å². The number of esters is 1. The van der Waals surface area contributed by atoms with E-state index in [9.17, 15) is 9.59 Å². The Hall–Kier alpha value is -1.63. The SMILES string of the molecule is CNC(=O)CCNc1nc(CC(=O)OC)cs1. The Morgan fingerprint density at radius 3 is 2.94 bits per heavy atom. The van der Waals surface area contributed by atoms with Crippen molar-refractivity contribution in [2.24, 2.45) is 0 Å². The lowest BCUT2D eigenvalue weighted by Crippen LogP contribution is -2.20. The monoisotopic (exact) mass is 257 g/mol. The molecule has 1 rings (SSSR count). The number of hydrogen-bond donors (Lipinski definition) is 2. The number of ether oxygens (including phenoxy) is 1. The molecule has 1 aromatic heterocycles. The van der Waals surface area contributed by atoms with Gasteiger partial charge in [-0.3, -0.25) is 9.59 Å². The first kappa shape index (κ1) is 13.4. The third kappa shape index (κ3) is 4.81. The average Bonchev–Trinajstić information content (AvgIpc) is 2.76. The molecule has 0 aliphatic rings. The first-order valence-corrected chi connectivity index (χ1v) is 5.99. The van der Waals surface area contributed by atoms with Crippen molar-refractivity contribution < 1.29 is 14.3 Å². The van der Waals surface area contributed by atoms with Crippen LogP contribution in [0, 0.1) is 0 Å². The molecule has 6 nitrogen and oxygen atoms in total. The average molecular weight is 257 g/mol. The molecule has 0 atom stereocenters. The van der Waals surface area contributed by atoms with Gasteiger partial charge >= 0.3 is 5.97 Å². The molecule has 0 saturated carbocycles. The highest BCUT2D eigenvalue weighted by Gasteiger charge is 2.07. The van der Waals surface area contributed by atoms with Crippen LogP contribution in [0.3, 0.4) is 0 Å².